The van der Waals surface area contributed by atoms with Crippen molar-refractivity contribution in [3.63, 3.8) is 0 Å². The fraction of sp³-hybridized carbons (Fsp3) is 0.684. The van der Waals surface area contributed by atoms with Gasteiger partial charge in [0.1, 0.15) is 11.4 Å². The topological polar surface area (TPSA) is 12.5 Å². The molecule has 1 aliphatic rings. The highest BCUT2D eigenvalue weighted by molar-refractivity contribution is 9.09. The molecule has 0 radical (unpaired) electrons. The summed E-state index contributed by atoms with van der Waals surface area (Å²) in [4.78, 5) is 2.38. The standard InChI is InChI=1S/C13H17BrO.C6H15N/c1-8-5-9(2)11-6-13(4,7-14)15-12(11)10(8)3;1-4-7(5-2)6-3/h5H,6-7H2,1-4H3;4-6H2,1-3H3. The van der Waals surface area contributed by atoms with Gasteiger partial charge < -0.3 is 9.64 Å². The number of nitrogens with zero attached hydrogens (tertiary/aromatic N) is 1. The third kappa shape index (κ3) is 4.48. The molecular weight excluding hydrogens is 338 g/mol. The first-order chi connectivity index (χ1) is 10.3. The van der Waals surface area contributed by atoms with Crippen molar-refractivity contribution >= 4 is 15.9 Å². The monoisotopic (exact) mass is 369 g/mol. The number of fused-ring (bicyclic) bond motifs is 1. The van der Waals surface area contributed by atoms with Crippen LogP contribution in [0.5, 0.6) is 5.75 Å². The van der Waals surface area contributed by atoms with E-state index >= 15 is 0 Å². The summed E-state index contributed by atoms with van der Waals surface area (Å²) in [5.41, 5.74) is 5.30. The van der Waals surface area contributed by atoms with Crippen LogP contribution in [0.2, 0.25) is 0 Å². The lowest BCUT2D eigenvalue weighted by molar-refractivity contribution is 0.144. The minimum absolute atomic E-state index is 0.0638. The summed E-state index contributed by atoms with van der Waals surface area (Å²) in [6.45, 7) is 18.8. The van der Waals surface area contributed by atoms with Crippen molar-refractivity contribution in [1.29, 1.82) is 0 Å². The zero-order chi connectivity index (χ0) is 16.9. The van der Waals surface area contributed by atoms with Crippen LogP contribution in [-0.2, 0) is 6.42 Å². The lowest BCUT2D eigenvalue weighted by Gasteiger charge is -2.21. The molecule has 1 unspecified atom stereocenters. The molecule has 0 N–H and O–H groups in total. The summed E-state index contributed by atoms with van der Waals surface area (Å²) < 4.78 is 6.09. The first-order valence-electron chi connectivity index (χ1n) is 8.38. The number of hydrogen-bond donors (Lipinski definition) is 0. The van der Waals surface area contributed by atoms with Crippen molar-refractivity contribution in [3.05, 3.63) is 28.3 Å². The van der Waals surface area contributed by atoms with Gasteiger partial charge >= 0.3 is 0 Å². The van der Waals surface area contributed by atoms with E-state index in [2.05, 4.69) is 75.4 Å². The molecule has 0 spiro atoms. The number of rotatable bonds is 4. The third-order valence-electron chi connectivity index (χ3n) is 4.64. The minimum atomic E-state index is -0.0638. The predicted molar refractivity (Wildman–Crippen MR) is 101 cm³/mol. The van der Waals surface area contributed by atoms with E-state index in [1.807, 2.05) is 0 Å². The van der Waals surface area contributed by atoms with E-state index in [1.54, 1.807) is 0 Å². The fourth-order valence-corrected chi connectivity index (χ4v) is 3.18. The van der Waals surface area contributed by atoms with Gasteiger partial charge in [0.25, 0.3) is 0 Å². The summed E-state index contributed by atoms with van der Waals surface area (Å²) in [7, 11) is 0. The van der Waals surface area contributed by atoms with Crippen molar-refractivity contribution in [2.45, 2.75) is 60.5 Å². The van der Waals surface area contributed by atoms with Gasteiger partial charge in [0.05, 0.1) is 0 Å². The Labute approximate surface area is 145 Å². The Kier molecular flexibility index (Phi) is 7.40. The minimum Gasteiger partial charge on any atom is -0.486 e. The van der Waals surface area contributed by atoms with Crippen LogP contribution in [0.3, 0.4) is 0 Å². The van der Waals surface area contributed by atoms with Crippen LogP contribution in [0, 0.1) is 20.8 Å². The molecule has 3 heteroatoms. The third-order valence-corrected chi connectivity index (χ3v) is 5.82. The van der Waals surface area contributed by atoms with E-state index in [0.29, 0.717) is 0 Å². The second-order valence-corrected chi connectivity index (χ2v) is 6.99. The second-order valence-electron chi connectivity index (χ2n) is 6.42. The summed E-state index contributed by atoms with van der Waals surface area (Å²) in [5, 5.41) is 0.882. The van der Waals surface area contributed by atoms with Crippen molar-refractivity contribution in [1.82, 2.24) is 4.90 Å². The Morgan fingerprint density at radius 2 is 1.64 bits per heavy atom. The number of halogens is 1. The van der Waals surface area contributed by atoms with Crippen molar-refractivity contribution < 1.29 is 4.74 Å². The number of alkyl halides is 1. The smallest absolute Gasteiger partial charge is 0.126 e. The van der Waals surface area contributed by atoms with E-state index in [0.717, 1.165) is 17.5 Å². The first kappa shape index (κ1) is 19.5. The van der Waals surface area contributed by atoms with Crippen LogP contribution in [0.4, 0.5) is 0 Å². The van der Waals surface area contributed by atoms with Gasteiger partial charge in [0.15, 0.2) is 0 Å². The van der Waals surface area contributed by atoms with Gasteiger partial charge in [-0.05, 0) is 64.0 Å². The molecule has 0 bridgehead atoms. The average Bonchev–Trinajstić information content (AvgIpc) is 2.87. The van der Waals surface area contributed by atoms with E-state index < -0.39 is 0 Å². The van der Waals surface area contributed by atoms with Crippen LogP contribution < -0.4 is 4.74 Å². The zero-order valence-electron chi connectivity index (χ0n) is 15.3. The van der Waals surface area contributed by atoms with Crippen LogP contribution >= 0.6 is 15.9 Å². The van der Waals surface area contributed by atoms with Gasteiger partial charge in [0.2, 0.25) is 0 Å². The maximum Gasteiger partial charge on any atom is 0.126 e. The highest BCUT2D eigenvalue weighted by Gasteiger charge is 2.35. The molecule has 0 saturated carbocycles. The van der Waals surface area contributed by atoms with E-state index in [1.165, 1.54) is 41.9 Å². The largest absolute Gasteiger partial charge is 0.486 e. The van der Waals surface area contributed by atoms with Gasteiger partial charge in [-0.1, -0.05) is 42.8 Å². The summed E-state index contributed by atoms with van der Waals surface area (Å²) in [5.74, 6) is 1.12. The molecule has 1 aromatic rings. The molecule has 1 heterocycles. The molecular formula is C19H32BrNO. The highest BCUT2D eigenvalue weighted by atomic mass is 79.9. The van der Waals surface area contributed by atoms with Gasteiger partial charge in [-0.2, -0.15) is 0 Å². The average molecular weight is 370 g/mol. The molecule has 1 aliphatic heterocycles. The normalized spacial score (nSPS) is 19.5. The Balaban J connectivity index is 0.000000295. The summed E-state index contributed by atoms with van der Waals surface area (Å²) >= 11 is 3.53. The molecule has 0 aromatic heterocycles. The molecule has 2 nitrogen and oxygen atoms in total. The molecule has 1 atom stereocenters. The maximum absolute atomic E-state index is 6.09. The van der Waals surface area contributed by atoms with Crippen molar-refractivity contribution in [2.24, 2.45) is 0 Å². The molecule has 0 aliphatic carbocycles. The summed E-state index contributed by atoms with van der Waals surface area (Å²) in [6.07, 6.45) is 1.01. The van der Waals surface area contributed by atoms with Crippen molar-refractivity contribution in [2.75, 3.05) is 25.0 Å². The van der Waals surface area contributed by atoms with Crippen LogP contribution in [0.1, 0.15) is 49.9 Å². The Bertz CT molecular complexity index is 491. The van der Waals surface area contributed by atoms with E-state index in [9.17, 15) is 0 Å². The number of ether oxygens (including phenoxy) is 1. The van der Waals surface area contributed by atoms with Gasteiger partial charge in [-0.3, -0.25) is 0 Å². The van der Waals surface area contributed by atoms with Crippen LogP contribution in [0.25, 0.3) is 0 Å². The SMILES string of the molecule is CCN(CC)CC.Cc1cc(C)c2c(c1C)OC(C)(CBr)C2. The van der Waals surface area contributed by atoms with Gasteiger partial charge in [-0.15, -0.1) is 0 Å². The molecule has 126 valence electrons. The molecule has 1 aromatic carbocycles. The van der Waals surface area contributed by atoms with Crippen LogP contribution in [-0.4, -0.2) is 35.5 Å². The van der Waals surface area contributed by atoms with E-state index in [4.69, 9.17) is 4.74 Å². The Morgan fingerprint density at radius 3 is 2.05 bits per heavy atom. The maximum atomic E-state index is 6.09. The number of aryl methyl sites for hydroxylation is 2. The zero-order valence-corrected chi connectivity index (χ0v) is 16.9. The Morgan fingerprint density at radius 1 is 1.09 bits per heavy atom. The van der Waals surface area contributed by atoms with Gasteiger partial charge in [0, 0.05) is 17.3 Å². The number of benzene rings is 1. The molecule has 22 heavy (non-hydrogen) atoms. The van der Waals surface area contributed by atoms with Crippen molar-refractivity contribution in [3.8, 4) is 5.75 Å². The lowest BCUT2D eigenvalue weighted by atomic mass is 9.94. The molecule has 2 rings (SSSR count). The number of hydrogen-bond acceptors (Lipinski definition) is 2. The first-order valence-corrected chi connectivity index (χ1v) is 9.50. The van der Waals surface area contributed by atoms with Gasteiger partial charge in [-0.25, -0.2) is 0 Å². The second kappa shape index (κ2) is 8.35. The quantitative estimate of drug-likeness (QED) is 0.688. The highest BCUT2D eigenvalue weighted by Crippen LogP contribution is 2.41. The lowest BCUT2D eigenvalue weighted by Crippen LogP contribution is -2.32. The molecule has 0 amide bonds. The Hall–Kier alpha value is -0.540. The molecule has 0 fully saturated rings. The fourth-order valence-electron chi connectivity index (χ4n) is 2.86. The van der Waals surface area contributed by atoms with E-state index in [-0.39, 0.29) is 5.60 Å². The summed E-state index contributed by atoms with van der Waals surface area (Å²) in [6, 6.07) is 2.26. The molecule has 0 saturated heterocycles. The van der Waals surface area contributed by atoms with Crippen LogP contribution in [0.15, 0.2) is 6.07 Å². The predicted octanol–water partition coefficient (Wildman–Crippen LogP) is 5.05.